The molecule has 2 amide bonds. The minimum Gasteiger partial charge on any atom is -0.481 e. The number of nitrogens with zero attached hydrogens (tertiary/aromatic N) is 3. The van der Waals surface area contributed by atoms with Gasteiger partial charge in [-0.05, 0) is 12.5 Å². The van der Waals surface area contributed by atoms with Gasteiger partial charge in [-0.1, -0.05) is 30.3 Å². The highest BCUT2D eigenvalue weighted by Crippen LogP contribution is 2.09. The molecule has 0 bridgehead atoms. The number of benzene rings is 1. The molecule has 2 heterocycles. The van der Waals surface area contributed by atoms with Crippen LogP contribution in [0.1, 0.15) is 24.0 Å². The van der Waals surface area contributed by atoms with Crippen LogP contribution in [0.25, 0.3) is 0 Å². The normalized spacial score (nSPS) is 11.4. The fourth-order valence-corrected chi connectivity index (χ4v) is 3.27. The van der Waals surface area contributed by atoms with E-state index in [2.05, 4.69) is 30.9 Å². The van der Waals surface area contributed by atoms with Crippen LogP contribution >= 0.6 is 0 Å². The van der Waals surface area contributed by atoms with E-state index in [4.69, 9.17) is 4.74 Å². The molecule has 2 aromatic heterocycles. The number of H-pyrrole nitrogens is 1. The standard InChI is InChI=1S/C23H27N7O6/c1-15-12-30(22(34)29-20(15)24-8-7-18(31)28-21-25-9-10-26-21)13-17(11-19(32)33)27-23(35)36-14-16-5-3-2-4-6-16/h2-6,9-10,12,17H,7-8,11,13-14H2,1H3,(H,27,35)(H,32,33)(H,24,29,34)(H2,25,26,28,31)/t17-/m1/s1. The first kappa shape index (κ1) is 25.9. The molecule has 0 aliphatic rings. The van der Waals surface area contributed by atoms with E-state index in [9.17, 15) is 24.3 Å². The fourth-order valence-electron chi connectivity index (χ4n) is 3.27. The second-order valence-corrected chi connectivity index (χ2v) is 7.87. The van der Waals surface area contributed by atoms with E-state index < -0.39 is 30.2 Å². The van der Waals surface area contributed by atoms with Crippen molar-refractivity contribution < 1.29 is 24.2 Å². The molecule has 0 spiro atoms. The number of carbonyl (C=O) groups excluding carboxylic acids is 2. The number of nitrogens with one attached hydrogen (secondary N) is 4. The summed E-state index contributed by atoms with van der Waals surface area (Å²) >= 11 is 0. The molecule has 3 rings (SSSR count). The number of hydrogen-bond acceptors (Lipinski definition) is 8. The van der Waals surface area contributed by atoms with Crippen molar-refractivity contribution >= 4 is 29.7 Å². The largest absolute Gasteiger partial charge is 0.481 e. The Kier molecular flexibility index (Phi) is 9.14. The van der Waals surface area contributed by atoms with Crippen molar-refractivity contribution in [1.82, 2.24) is 24.8 Å². The Morgan fingerprint density at radius 2 is 2.00 bits per heavy atom. The molecule has 190 valence electrons. The van der Waals surface area contributed by atoms with Crippen LogP contribution < -0.4 is 21.6 Å². The van der Waals surface area contributed by atoms with Gasteiger partial charge in [-0.3, -0.25) is 19.5 Å². The van der Waals surface area contributed by atoms with Crippen LogP contribution in [-0.2, 0) is 27.5 Å². The lowest BCUT2D eigenvalue weighted by Gasteiger charge is -2.19. The molecular weight excluding hydrogens is 470 g/mol. The summed E-state index contributed by atoms with van der Waals surface area (Å²) in [5, 5.41) is 17.3. The highest BCUT2D eigenvalue weighted by molar-refractivity contribution is 5.89. The molecule has 0 fully saturated rings. The quantitative estimate of drug-likeness (QED) is 0.248. The molecule has 0 radical (unpaired) electrons. The number of carboxylic acids is 1. The predicted molar refractivity (Wildman–Crippen MR) is 129 cm³/mol. The molecule has 0 saturated heterocycles. The molecule has 0 unspecified atom stereocenters. The fraction of sp³-hybridized carbons (Fsp3) is 0.304. The molecule has 13 nitrogen and oxygen atoms in total. The summed E-state index contributed by atoms with van der Waals surface area (Å²) in [4.78, 5) is 58.6. The van der Waals surface area contributed by atoms with Crippen LogP contribution in [-0.4, -0.2) is 55.2 Å². The second kappa shape index (κ2) is 12.7. The summed E-state index contributed by atoms with van der Waals surface area (Å²) < 4.78 is 6.37. The molecule has 3 aromatic rings. The summed E-state index contributed by atoms with van der Waals surface area (Å²) in [5.41, 5.74) is 0.736. The number of aromatic amines is 1. The van der Waals surface area contributed by atoms with Crippen LogP contribution in [0.5, 0.6) is 0 Å². The van der Waals surface area contributed by atoms with Crippen molar-refractivity contribution in [2.45, 2.75) is 39.0 Å². The van der Waals surface area contributed by atoms with Gasteiger partial charge in [-0.15, -0.1) is 0 Å². The molecular formula is C23H27N7O6. The third-order valence-electron chi connectivity index (χ3n) is 4.95. The SMILES string of the molecule is Cc1cn(C[C@@H](CC(=O)O)NC(=O)OCc2ccccc2)c(=O)nc1NCCC(=O)Nc1ncc[nH]1. The first-order chi connectivity index (χ1) is 17.3. The first-order valence-corrected chi connectivity index (χ1v) is 11.1. The van der Waals surface area contributed by atoms with E-state index in [-0.39, 0.29) is 32.0 Å². The minimum atomic E-state index is -1.15. The summed E-state index contributed by atoms with van der Waals surface area (Å²) in [7, 11) is 0. The van der Waals surface area contributed by atoms with E-state index in [1.165, 1.54) is 17.0 Å². The summed E-state index contributed by atoms with van der Waals surface area (Å²) in [5.74, 6) is -0.783. The van der Waals surface area contributed by atoms with E-state index in [0.29, 0.717) is 17.3 Å². The topological polar surface area (TPSA) is 180 Å². The van der Waals surface area contributed by atoms with Crippen molar-refractivity contribution in [3.63, 3.8) is 0 Å². The van der Waals surface area contributed by atoms with Crippen molar-refractivity contribution in [3.8, 4) is 0 Å². The zero-order valence-corrected chi connectivity index (χ0v) is 19.6. The van der Waals surface area contributed by atoms with Crippen LogP contribution in [0, 0.1) is 6.92 Å². The number of carbonyl (C=O) groups is 3. The number of ether oxygens (including phenoxy) is 1. The number of alkyl carbamates (subject to hydrolysis) is 1. The van der Waals surface area contributed by atoms with Gasteiger partial charge < -0.3 is 25.5 Å². The van der Waals surface area contributed by atoms with Gasteiger partial charge >= 0.3 is 17.8 Å². The lowest BCUT2D eigenvalue weighted by atomic mass is 10.2. The number of aryl methyl sites for hydroxylation is 1. The zero-order chi connectivity index (χ0) is 25.9. The smallest absolute Gasteiger partial charge is 0.407 e. The van der Waals surface area contributed by atoms with E-state index >= 15 is 0 Å². The summed E-state index contributed by atoms with van der Waals surface area (Å²) in [6.45, 7) is 1.83. The number of rotatable bonds is 12. The molecule has 0 saturated carbocycles. The Labute approximate surface area is 205 Å². The number of hydrogen-bond donors (Lipinski definition) is 5. The lowest BCUT2D eigenvalue weighted by Crippen LogP contribution is -2.42. The number of carboxylic acid groups (broad SMARTS) is 1. The highest BCUT2D eigenvalue weighted by Gasteiger charge is 2.19. The van der Waals surface area contributed by atoms with Gasteiger partial charge in [0.25, 0.3) is 0 Å². The number of aliphatic carboxylic acids is 1. The Morgan fingerprint density at radius 3 is 2.69 bits per heavy atom. The average Bonchev–Trinajstić information content (AvgIpc) is 3.34. The maximum atomic E-state index is 12.5. The molecule has 36 heavy (non-hydrogen) atoms. The Balaban J connectivity index is 1.56. The number of anilines is 2. The van der Waals surface area contributed by atoms with Gasteiger partial charge in [0.05, 0.1) is 12.5 Å². The zero-order valence-electron chi connectivity index (χ0n) is 19.6. The molecule has 5 N–H and O–H groups in total. The molecule has 1 atom stereocenters. The monoisotopic (exact) mass is 497 g/mol. The maximum Gasteiger partial charge on any atom is 0.407 e. The van der Waals surface area contributed by atoms with Crippen molar-refractivity contribution in [2.24, 2.45) is 0 Å². The van der Waals surface area contributed by atoms with Gasteiger partial charge in [0, 0.05) is 43.7 Å². The Bertz CT molecular complexity index is 1230. The van der Waals surface area contributed by atoms with Crippen molar-refractivity contribution in [1.29, 1.82) is 0 Å². The predicted octanol–water partition coefficient (Wildman–Crippen LogP) is 1.49. The minimum absolute atomic E-state index is 0.0208. The third-order valence-corrected chi connectivity index (χ3v) is 4.95. The van der Waals surface area contributed by atoms with E-state index in [0.717, 1.165) is 5.56 Å². The number of aromatic nitrogens is 4. The van der Waals surface area contributed by atoms with Crippen molar-refractivity contribution in [2.75, 3.05) is 17.2 Å². The highest BCUT2D eigenvalue weighted by atomic mass is 16.5. The van der Waals surface area contributed by atoms with Crippen LogP contribution in [0.15, 0.2) is 53.7 Å². The Morgan fingerprint density at radius 1 is 1.22 bits per heavy atom. The molecule has 13 heteroatoms. The third kappa shape index (κ3) is 8.27. The van der Waals surface area contributed by atoms with E-state index in [1.54, 1.807) is 37.4 Å². The second-order valence-electron chi connectivity index (χ2n) is 7.87. The van der Waals surface area contributed by atoms with Crippen LogP contribution in [0.4, 0.5) is 16.6 Å². The summed E-state index contributed by atoms with van der Waals surface area (Å²) in [6, 6.07) is 8.11. The van der Waals surface area contributed by atoms with Gasteiger partial charge in [0.1, 0.15) is 12.4 Å². The molecule has 1 aromatic carbocycles. The van der Waals surface area contributed by atoms with E-state index in [1.807, 2.05) is 6.07 Å². The maximum absolute atomic E-state index is 12.5. The van der Waals surface area contributed by atoms with Gasteiger partial charge in [-0.2, -0.15) is 4.98 Å². The average molecular weight is 498 g/mol. The molecule has 0 aliphatic carbocycles. The van der Waals surface area contributed by atoms with Crippen molar-refractivity contribution in [3.05, 3.63) is 70.5 Å². The number of amides is 2. The summed E-state index contributed by atoms with van der Waals surface area (Å²) in [6.07, 6.45) is 3.50. The number of imidazole rings is 1. The Hall–Kier alpha value is -4.68. The molecule has 0 aliphatic heterocycles. The van der Waals surface area contributed by atoms with Gasteiger partial charge in [-0.25, -0.2) is 14.6 Å². The van der Waals surface area contributed by atoms with Crippen LogP contribution in [0.3, 0.4) is 0 Å². The van der Waals surface area contributed by atoms with Crippen LogP contribution in [0.2, 0.25) is 0 Å². The first-order valence-electron chi connectivity index (χ1n) is 11.1. The van der Waals surface area contributed by atoms with Gasteiger partial charge in [0.2, 0.25) is 11.9 Å². The van der Waals surface area contributed by atoms with Gasteiger partial charge in [0.15, 0.2) is 0 Å². The lowest BCUT2D eigenvalue weighted by molar-refractivity contribution is -0.137.